The first-order valence-electron chi connectivity index (χ1n) is 6.67. The Hall–Kier alpha value is -0.0600. The van der Waals surface area contributed by atoms with Crippen LogP contribution in [-0.4, -0.2) is 49.9 Å². The third-order valence-corrected chi connectivity index (χ3v) is 7.37. The molecule has 0 bridgehead atoms. The molecule has 22 heavy (non-hydrogen) atoms. The van der Waals surface area contributed by atoms with Crippen molar-refractivity contribution in [3.05, 3.63) is 21.3 Å². The second-order valence-corrected chi connectivity index (χ2v) is 10.1. The molecular formula is C13H21ClIN3O2S2. The van der Waals surface area contributed by atoms with Gasteiger partial charge >= 0.3 is 0 Å². The van der Waals surface area contributed by atoms with Gasteiger partial charge in [-0.3, -0.25) is 4.99 Å². The predicted molar refractivity (Wildman–Crippen MR) is 104 cm³/mol. The first kappa shape index (κ1) is 20.0. The van der Waals surface area contributed by atoms with E-state index in [0.29, 0.717) is 19.6 Å². The summed E-state index contributed by atoms with van der Waals surface area (Å²) in [6.45, 7) is 5.08. The Morgan fingerprint density at radius 3 is 2.68 bits per heavy atom. The van der Waals surface area contributed by atoms with Gasteiger partial charge in [-0.25, -0.2) is 8.42 Å². The summed E-state index contributed by atoms with van der Waals surface area (Å²) in [4.78, 5) is 7.37. The topological polar surface area (TPSA) is 61.8 Å². The molecule has 0 aliphatic carbocycles. The molecule has 0 saturated carbocycles. The van der Waals surface area contributed by atoms with E-state index >= 15 is 0 Å². The quantitative estimate of drug-likeness (QED) is 0.404. The Balaban J connectivity index is 0.00000242. The van der Waals surface area contributed by atoms with Crippen molar-refractivity contribution in [2.24, 2.45) is 4.99 Å². The number of nitrogens with one attached hydrogen (secondary N) is 1. The molecule has 5 nitrogen and oxygen atoms in total. The molecule has 0 aromatic carbocycles. The predicted octanol–water partition coefficient (Wildman–Crippen LogP) is 2.60. The maximum atomic E-state index is 12.0. The van der Waals surface area contributed by atoms with E-state index in [1.54, 1.807) is 20.9 Å². The molecule has 0 radical (unpaired) electrons. The fourth-order valence-electron chi connectivity index (χ4n) is 2.27. The number of halogens is 2. The Kier molecular flexibility index (Phi) is 6.97. The number of hydrogen-bond donors (Lipinski definition) is 1. The van der Waals surface area contributed by atoms with E-state index in [4.69, 9.17) is 11.6 Å². The number of hydrogen-bond acceptors (Lipinski definition) is 4. The molecule has 1 aliphatic rings. The molecule has 2 heterocycles. The Morgan fingerprint density at radius 1 is 1.50 bits per heavy atom. The van der Waals surface area contributed by atoms with Gasteiger partial charge in [0.2, 0.25) is 0 Å². The molecule has 2 rings (SSSR count). The van der Waals surface area contributed by atoms with Gasteiger partial charge in [-0.1, -0.05) is 11.6 Å². The monoisotopic (exact) mass is 477 g/mol. The van der Waals surface area contributed by atoms with Gasteiger partial charge in [0.25, 0.3) is 0 Å². The number of guanidine groups is 1. The van der Waals surface area contributed by atoms with Crippen LogP contribution in [0.4, 0.5) is 0 Å². The van der Waals surface area contributed by atoms with Crippen LogP contribution < -0.4 is 5.32 Å². The van der Waals surface area contributed by atoms with Crippen LogP contribution in [0.5, 0.6) is 0 Å². The smallest absolute Gasteiger partial charge is 0.194 e. The highest BCUT2D eigenvalue weighted by Crippen LogP contribution is 2.24. The Bertz CT molecular complexity index is 643. The van der Waals surface area contributed by atoms with Gasteiger partial charge in [0, 0.05) is 25.0 Å². The molecule has 1 saturated heterocycles. The van der Waals surface area contributed by atoms with Crippen LogP contribution in [0.25, 0.3) is 0 Å². The fourth-order valence-corrected chi connectivity index (χ4v) is 4.66. The summed E-state index contributed by atoms with van der Waals surface area (Å²) in [6.07, 6.45) is 0. The van der Waals surface area contributed by atoms with Crippen LogP contribution in [0.3, 0.4) is 0 Å². The van der Waals surface area contributed by atoms with Crippen LogP contribution in [0, 0.1) is 0 Å². The van der Waals surface area contributed by atoms with E-state index in [0.717, 1.165) is 15.2 Å². The largest absolute Gasteiger partial charge is 0.351 e. The molecule has 1 aromatic rings. The van der Waals surface area contributed by atoms with Crippen molar-refractivity contribution in [1.82, 2.24) is 10.2 Å². The zero-order valence-electron chi connectivity index (χ0n) is 12.8. The van der Waals surface area contributed by atoms with Crippen LogP contribution in [-0.2, 0) is 16.4 Å². The third-order valence-electron chi connectivity index (χ3n) is 3.60. The second-order valence-electron chi connectivity index (χ2n) is 5.61. The number of nitrogens with zero attached hydrogens (tertiary/aromatic N) is 2. The lowest BCUT2D eigenvalue weighted by Crippen LogP contribution is -2.57. The minimum absolute atomic E-state index is 0. The van der Waals surface area contributed by atoms with E-state index in [1.807, 2.05) is 17.0 Å². The summed E-state index contributed by atoms with van der Waals surface area (Å²) in [6, 6.07) is 3.83. The summed E-state index contributed by atoms with van der Waals surface area (Å²) >= 11 is 7.43. The lowest BCUT2D eigenvalue weighted by molar-refractivity contribution is 0.353. The second kappa shape index (κ2) is 7.67. The summed E-state index contributed by atoms with van der Waals surface area (Å²) in [7, 11) is -1.33. The molecular weight excluding hydrogens is 457 g/mol. The molecule has 126 valence electrons. The van der Waals surface area contributed by atoms with Crippen LogP contribution in [0.1, 0.15) is 18.7 Å². The summed E-state index contributed by atoms with van der Waals surface area (Å²) in [5.41, 5.74) is 0. The van der Waals surface area contributed by atoms with Gasteiger partial charge < -0.3 is 10.2 Å². The van der Waals surface area contributed by atoms with Gasteiger partial charge in [-0.15, -0.1) is 35.3 Å². The van der Waals surface area contributed by atoms with Gasteiger partial charge in [-0.2, -0.15) is 0 Å². The minimum Gasteiger partial charge on any atom is -0.351 e. The zero-order chi connectivity index (χ0) is 15.7. The van der Waals surface area contributed by atoms with Gasteiger partial charge in [-0.05, 0) is 26.0 Å². The molecule has 1 aromatic heterocycles. The normalized spacial score (nSPS) is 20.4. The third kappa shape index (κ3) is 4.48. The standard InChI is InChI=1S/C13H20ClN3O2S2.HI/c1-13(2)9-17(6-7-21(13,18)19)12(15-3)16-8-10-4-5-11(14)20-10;/h4-5H,6-9H2,1-3H3,(H,15,16);1H. The van der Waals surface area contributed by atoms with Crippen molar-refractivity contribution >= 4 is 62.7 Å². The minimum atomic E-state index is -3.04. The Morgan fingerprint density at radius 2 is 2.18 bits per heavy atom. The van der Waals surface area contributed by atoms with Crippen molar-refractivity contribution in [3.63, 3.8) is 0 Å². The van der Waals surface area contributed by atoms with Gasteiger partial charge in [0.05, 0.1) is 21.4 Å². The molecule has 0 unspecified atom stereocenters. The van der Waals surface area contributed by atoms with Crippen LogP contribution in [0.15, 0.2) is 17.1 Å². The van der Waals surface area contributed by atoms with Crippen molar-refractivity contribution in [2.45, 2.75) is 25.1 Å². The summed E-state index contributed by atoms with van der Waals surface area (Å²) in [5.74, 6) is 0.883. The van der Waals surface area contributed by atoms with Gasteiger partial charge in [0.15, 0.2) is 15.8 Å². The molecule has 0 amide bonds. The zero-order valence-corrected chi connectivity index (χ0v) is 17.5. The van der Waals surface area contributed by atoms with Crippen LogP contribution >= 0.6 is 46.9 Å². The highest BCUT2D eigenvalue weighted by Gasteiger charge is 2.40. The lowest BCUT2D eigenvalue weighted by Gasteiger charge is -2.39. The SMILES string of the molecule is CN=C(NCc1ccc(Cl)s1)N1CCS(=O)(=O)C(C)(C)C1.I. The lowest BCUT2D eigenvalue weighted by atomic mass is 10.2. The number of rotatable bonds is 2. The average molecular weight is 478 g/mol. The van der Waals surface area contributed by atoms with Gasteiger partial charge in [0.1, 0.15) is 0 Å². The number of sulfone groups is 1. The number of aliphatic imine (C=N–C) groups is 1. The highest BCUT2D eigenvalue weighted by atomic mass is 127. The summed E-state index contributed by atoms with van der Waals surface area (Å²) < 4.78 is 24.1. The molecule has 0 atom stereocenters. The first-order valence-corrected chi connectivity index (χ1v) is 9.52. The average Bonchev–Trinajstić information content (AvgIpc) is 2.80. The van der Waals surface area contributed by atoms with Crippen LogP contribution in [0.2, 0.25) is 4.34 Å². The van der Waals surface area contributed by atoms with E-state index in [-0.39, 0.29) is 29.7 Å². The van der Waals surface area contributed by atoms with E-state index in [2.05, 4.69) is 10.3 Å². The molecule has 0 spiro atoms. The summed E-state index contributed by atoms with van der Waals surface area (Å²) in [5, 5.41) is 3.27. The van der Waals surface area contributed by atoms with Crippen molar-refractivity contribution in [3.8, 4) is 0 Å². The molecule has 1 fully saturated rings. The maximum absolute atomic E-state index is 12.0. The molecule has 9 heteroatoms. The maximum Gasteiger partial charge on any atom is 0.194 e. The van der Waals surface area contributed by atoms with Crippen molar-refractivity contribution < 1.29 is 8.42 Å². The van der Waals surface area contributed by atoms with Crippen molar-refractivity contribution in [2.75, 3.05) is 25.9 Å². The Labute approximate surface area is 158 Å². The highest BCUT2D eigenvalue weighted by molar-refractivity contribution is 14.0. The first-order chi connectivity index (χ1) is 9.75. The molecule has 1 aliphatic heterocycles. The van der Waals surface area contributed by atoms with E-state index < -0.39 is 14.6 Å². The van der Waals surface area contributed by atoms with E-state index in [1.165, 1.54) is 11.3 Å². The number of thiophene rings is 1. The van der Waals surface area contributed by atoms with Crippen molar-refractivity contribution in [1.29, 1.82) is 0 Å². The molecule has 1 N–H and O–H groups in total. The fraction of sp³-hybridized carbons (Fsp3) is 0.615. The van der Waals surface area contributed by atoms with E-state index in [9.17, 15) is 8.42 Å².